The lowest BCUT2D eigenvalue weighted by Crippen LogP contribution is -2.64. The van der Waals surface area contributed by atoms with Crippen molar-refractivity contribution < 1.29 is 9.59 Å². The molecule has 5 nitrogen and oxygen atoms in total. The molecule has 1 atom stereocenters. The predicted molar refractivity (Wildman–Crippen MR) is 86.2 cm³/mol. The number of hydrogen-bond donors (Lipinski definition) is 2. The van der Waals surface area contributed by atoms with Crippen molar-refractivity contribution in [2.45, 2.75) is 32.4 Å². The van der Waals surface area contributed by atoms with Crippen molar-refractivity contribution >= 4 is 33.4 Å². The fourth-order valence-corrected chi connectivity index (χ4v) is 2.82. The highest BCUT2D eigenvalue weighted by atomic mass is 79.9. The topological polar surface area (TPSA) is 61.4 Å². The number of benzene rings is 1. The Bertz CT molecular complexity index is 586. The van der Waals surface area contributed by atoms with Crippen molar-refractivity contribution in [3.63, 3.8) is 0 Å². The van der Waals surface area contributed by atoms with Gasteiger partial charge in [-0.1, -0.05) is 15.9 Å². The molecule has 114 valence electrons. The van der Waals surface area contributed by atoms with Crippen LogP contribution >= 0.6 is 15.9 Å². The molecule has 1 aromatic rings. The van der Waals surface area contributed by atoms with Crippen LogP contribution in [0.2, 0.25) is 0 Å². The number of amides is 2. The van der Waals surface area contributed by atoms with Crippen LogP contribution in [0.15, 0.2) is 22.7 Å². The van der Waals surface area contributed by atoms with Gasteiger partial charge in [0.25, 0.3) is 5.91 Å². The van der Waals surface area contributed by atoms with Crippen molar-refractivity contribution in [2.75, 3.05) is 18.5 Å². The minimum atomic E-state index is -0.774. The first kappa shape index (κ1) is 16.0. The maximum atomic E-state index is 12.1. The number of piperazine rings is 1. The Balaban J connectivity index is 2.54. The Morgan fingerprint density at radius 3 is 2.67 bits per heavy atom. The van der Waals surface area contributed by atoms with E-state index in [0.29, 0.717) is 0 Å². The molecular weight excluding hydrogens is 334 g/mol. The van der Waals surface area contributed by atoms with Crippen molar-refractivity contribution in [3.05, 3.63) is 28.2 Å². The Morgan fingerprint density at radius 1 is 1.38 bits per heavy atom. The third-order valence-corrected chi connectivity index (χ3v) is 4.46. The van der Waals surface area contributed by atoms with Gasteiger partial charge >= 0.3 is 0 Å². The van der Waals surface area contributed by atoms with Gasteiger partial charge in [-0.15, -0.1) is 0 Å². The number of halogens is 1. The summed E-state index contributed by atoms with van der Waals surface area (Å²) >= 11 is 3.48. The molecule has 2 N–H and O–H groups in total. The summed E-state index contributed by atoms with van der Waals surface area (Å²) in [7, 11) is 1.88. The Hall–Kier alpha value is -1.40. The number of imide groups is 1. The Labute approximate surface area is 133 Å². The zero-order chi connectivity index (χ0) is 15.8. The summed E-state index contributed by atoms with van der Waals surface area (Å²) in [6.07, 6.45) is 0. The molecule has 0 radical (unpaired) electrons. The third-order valence-electron chi connectivity index (χ3n) is 3.97. The zero-order valence-electron chi connectivity index (χ0n) is 12.7. The minimum absolute atomic E-state index is 0.105. The summed E-state index contributed by atoms with van der Waals surface area (Å²) in [6.45, 7) is 5.86. The van der Waals surface area contributed by atoms with Gasteiger partial charge in [0.05, 0.1) is 6.54 Å². The first-order valence-corrected chi connectivity index (χ1v) is 7.65. The van der Waals surface area contributed by atoms with Crippen LogP contribution in [-0.2, 0) is 9.59 Å². The summed E-state index contributed by atoms with van der Waals surface area (Å²) in [5.74, 6) is -0.546. The molecule has 21 heavy (non-hydrogen) atoms. The lowest BCUT2D eigenvalue weighted by Gasteiger charge is -2.43. The van der Waals surface area contributed by atoms with Crippen molar-refractivity contribution in [2.24, 2.45) is 0 Å². The SMILES string of the molecule is CNC(C)c1cc(Br)ccc1N1CC(=O)NC(=O)C1(C)C. The fraction of sp³-hybridized carbons (Fsp3) is 0.467. The number of hydrogen-bond acceptors (Lipinski definition) is 4. The number of anilines is 1. The van der Waals surface area contributed by atoms with Crippen LogP contribution in [0.1, 0.15) is 32.4 Å². The largest absolute Gasteiger partial charge is 0.348 e. The van der Waals surface area contributed by atoms with Crippen LogP contribution in [-0.4, -0.2) is 30.9 Å². The molecule has 1 saturated heterocycles. The highest BCUT2D eigenvalue weighted by molar-refractivity contribution is 9.10. The minimum Gasteiger partial charge on any atom is -0.348 e. The monoisotopic (exact) mass is 353 g/mol. The van der Waals surface area contributed by atoms with Crippen molar-refractivity contribution in [1.29, 1.82) is 0 Å². The molecule has 0 spiro atoms. The van der Waals surface area contributed by atoms with Crippen molar-refractivity contribution in [3.8, 4) is 0 Å². The Morgan fingerprint density at radius 2 is 2.05 bits per heavy atom. The van der Waals surface area contributed by atoms with E-state index in [-0.39, 0.29) is 24.4 Å². The second-order valence-electron chi connectivity index (χ2n) is 5.74. The summed E-state index contributed by atoms with van der Waals surface area (Å²) < 4.78 is 0.967. The molecule has 0 aromatic heterocycles. The van der Waals surface area contributed by atoms with Gasteiger partial charge in [-0.05, 0) is 51.6 Å². The average molecular weight is 354 g/mol. The van der Waals surface area contributed by atoms with Crippen LogP contribution in [0, 0.1) is 0 Å². The number of carbonyl (C=O) groups excluding carboxylic acids is 2. The molecule has 1 heterocycles. The predicted octanol–water partition coefficient (Wildman–Crippen LogP) is 1.97. The van der Waals surface area contributed by atoms with E-state index in [1.807, 2.05) is 50.9 Å². The van der Waals surface area contributed by atoms with Gasteiger partial charge in [-0.2, -0.15) is 0 Å². The van der Waals surface area contributed by atoms with Crippen LogP contribution in [0.4, 0.5) is 5.69 Å². The van der Waals surface area contributed by atoms with Gasteiger partial charge in [-0.3, -0.25) is 14.9 Å². The number of nitrogens with one attached hydrogen (secondary N) is 2. The van der Waals surface area contributed by atoms with Gasteiger partial charge in [0, 0.05) is 16.2 Å². The molecule has 1 fully saturated rings. The second-order valence-corrected chi connectivity index (χ2v) is 6.65. The van der Waals surface area contributed by atoms with E-state index in [1.54, 1.807) is 0 Å². The molecule has 0 saturated carbocycles. The molecule has 2 amide bonds. The molecule has 1 aromatic carbocycles. The van der Waals surface area contributed by atoms with E-state index < -0.39 is 5.54 Å². The molecule has 1 aliphatic heterocycles. The molecule has 0 aliphatic carbocycles. The maximum Gasteiger partial charge on any atom is 0.251 e. The Kier molecular flexibility index (Phi) is 4.39. The molecule has 6 heteroatoms. The first-order valence-electron chi connectivity index (χ1n) is 6.86. The van der Waals surface area contributed by atoms with E-state index >= 15 is 0 Å². The lowest BCUT2D eigenvalue weighted by atomic mass is 9.95. The lowest BCUT2D eigenvalue weighted by molar-refractivity contribution is -0.135. The van der Waals surface area contributed by atoms with E-state index in [9.17, 15) is 9.59 Å². The maximum absolute atomic E-state index is 12.1. The summed E-state index contributed by atoms with van der Waals surface area (Å²) in [6, 6.07) is 5.99. The summed E-state index contributed by atoms with van der Waals surface area (Å²) in [5.41, 5.74) is 1.17. The molecule has 1 aliphatic rings. The fourth-order valence-electron chi connectivity index (χ4n) is 2.44. The quantitative estimate of drug-likeness (QED) is 0.815. The van der Waals surface area contributed by atoms with E-state index in [0.717, 1.165) is 15.7 Å². The summed E-state index contributed by atoms with van der Waals surface area (Å²) in [4.78, 5) is 25.8. The first-order chi connectivity index (χ1) is 9.77. The molecule has 0 bridgehead atoms. The van der Waals surface area contributed by atoms with Crippen LogP contribution in [0.3, 0.4) is 0 Å². The number of carbonyl (C=O) groups is 2. The molecule has 2 rings (SSSR count). The second kappa shape index (κ2) is 5.77. The van der Waals surface area contributed by atoms with Crippen LogP contribution in [0.5, 0.6) is 0 Å². The normalized spacial score (nSPS) is 19.4. The van der Waals surface area contributed by atoms with Crippen molar-refractivity contribution in [1.82, 2.24) is 10.6 Å². The third kappa shape index (κ3) is 2.96. The summed E-state index contributed by atoms with van der Waals surface area (Å²) in [5, 5.41) is 5.60. The average Bonchev–Trinajstić information content (AvgIpc) is 2.42. The van der Waals surface area contributed by atoms with Gasteiger partial charge < -0.3 is 10.2 Å². The van der Waals surface area contributed by atoms with Crippen LogP contribution < -0.4 is 15.5 Å². The molecular formula is C15H20BrN3O2. The standard InChI is InChI=1S/C15H20BrN3O2/c1-9(17-4)11-7-10(16)5-6-12(11)19-8-13(20)18-14(21)15(19,2)3/h5-7,9,17H,8H2,1-4H3,(H,18,20,21). The van der Waals surface area contributed by atoms with Gasteiger partial charge in [0.2, 0.25) is 5.91 Å². The van der Waals surface area contributed by atoms with E-state index in [1.165, 1.54) is 0 Å². The van der Waals surface area contributed by atoms with Gasteiger partial charge in [0.1, 0.15) is 5.54 Å². The van der Waals surface area contributed by atoms with E-state index in [2.05, 4.69) is 26.6 Å². The van der Waals surface area contributed by atoms with Gasteiger partial charge in [-0.25, -0.2) is 0 Å². The number of rotatable bonds is 3. The highest BCUT2D eigenvalue weighted by Gasteiger charge is 2.41. The number of nitrogens with zero attached hydrogens (tertiary/aromatic N) is 1. The van der Waals surface area contributed by atoms with Gasteiger partial charge in [0.15, 0.2) is 0 Å². The van der Waals surface area contributed by atoms with Crippen LogP contribution in [0.25, 0.3) is 0 Å². The van der Waals surface area contributed by atoms with E-state index in [4.69, 9.17) is 0 Å². The molecule has 1 unspecified atom stereocenters. The zero-order valence-corrected chi connectivity index (χ0v) is 14.2. The highest BCUT2D eigenvalue weighted by Crippen LogP contribution is 2.34. The smallest absolute Gasteiger partial charge is 0.251 e.